The minimum atomic E-state index is -0.136. The number of hydrogen-bond acceptors (Lipinski definition) is 3. The van der Waals surface area contributed by atoms with Gasteiger partial charge in [-0.3, -0.25) is 4.90 Å². The molecule has 0 unspecified atom stereocenters. The molecule has 1 fully saturated rings. The largest absolute Gasteiger partial charge is 0.393 e. The lowest BCUT2D eigenvalue weighted by molar-refractivity contribution is -0.109. The van der Waals surface area contributed by atoms with Crippen molar-refractivity contribution < 1.29 is 9.90 Å². The molecule has 0 aromatic rings. The molecule has 0 spiro atoms. The molecule has 1 aliphatic heterocycles. The Morgan fingerprint density at radius 1 is 1.50 bits per heavy atom. The molecule has 3 nitrogen and oxygen atoms in total. The maximum atomic E-state index is 10.1. The highest BCUT2D eigenvalue weighted by Gasteiger charge is 2.15. The third-order valence-corrected chi connectivity index (χ3v) is 1.89. The lowest BCUT2D eigenvalue weighted by Crippen LogP contribution is -2.36. The maximum absolute atomic E-state index is 10.1. The van der Waals surface area contributed by atoms with Crippen LogP contribution in [0.2, 0.25) is 0 Å². The van der Waals surface area contributed by atoms with Gasteiger partial charge < -0.3 is 9.90 Å². The fourth-order valence-electron chi connectivity index (χ4n) is 1.21. The normalized spacial score (nSPS) is 22.9. The zero-order valence-electron chi connectivity index (χ0n) is 5.99. The third kappa shape index (κ3) is 2.08. The van der Waals surface area contributed by atoms with Gasteiger partial charge in [0.25, 0.3) is 0 Å². The highest BCUT2D eigenvalue weighted by molar-refractivity contribution is 5.51. The molecule has 3 heteroatoms. The summed E-state index contributed by atoms with van der Waals surface area (Å²) in [5.41, 5.74) is 0. The van der Waals surface area contributed by atoms with E-state index < -0.39 is 0 Å². The molecule has 0 radical (unpaired) electrons. The number of rotatable bonds is 2. The van der Waals surface area contributed by atoms with Gasteiger partial charge in [0, 0.05) is 13.1 Å². The summed E-state index contributed by atoms with van der Waals surface area (Å²) in [6.45, 7) is 2.24. The Bertz CT molecular complexity index is 108. The molecule has 0 bridgehead atoms. The van der Waals surface area contributed by atoms with Gasteiger partial charge in [-0.2, -0.15) is 0 Å². The van der Waals surface area contributed by atoms with E-state index in [0.29, 0.717) is 6.54 Å². The first-order valence-corrected chi connectivity index (χ1v) is 3.67. The Kier molecular flexibility index (Phi) is 2.83. The van der Waals surface area contributed by atoms with Crippen LogP contribution in [0.4, 0.5) is 0 Å². The summed E-state index contributed by atoms with van der Waals surface area (Å²) in [6.07, 6.45) is 2.40. The molecule has 1 heterocycles. The van der Waals surface area contributed by atoms with Crippen LogP contribution in [0.25, 0.3) is 0 Å². The molecule has 0 aromatic heterocycles. The molecule has 1 N–H and O–H groups in total. The second kappa shape index (κ2) is 3.68. The molecule has 1 saturated heterocycles. The van der Waals surface area contributed by atoms with Gasteiger partial charge in [-0.25, -0.2) is 0 Å². The van der Waals surface area contributed by atoms with Gasteiger partial charge in [0.05, 0.1) is 12.6 Å². The molecule has 1 rings (SSSR count). The topological polar surface area (TPSA) is 40.5 Å². The zero-order chi connectivity index (χ0) is 7.40. The van der Waals surface area contributed by atoms with Crippen LogP contribution in [-0.2, 0) is 4.79 Å². The predicted octanol–water partition coefficient (Wildman–Crippen LogP) is -0.358. The number of aldehydes is 1. The van der Waals surface area contributed by atoms with E-state index in [-0.39, 0.29) is 6.10 Å². The highest BCUT2D eigenvalue weighted by atomic mass is 16.3. The van der Waals surface area contributed by atoms with Crippen LogP contribution in [0.3, 0.4) is 0 Å². The van der Waals surface area contributed by atoms with Crippen LogP contribution in [0.5, 0.6) is 0 Å². The molecular formula is C7H13NO2. The van der Waals surface area contributed by atoms with Crippen LogP contribution in [0.15, 0.2) is 0 Å². The van der Waals surface area contributed by atoms with Crippen molar-refractivity contribution in [2.24, 2.45) is 0 Å². The first kappa shape index (κ1) is 7.69. The number of likely N-dealkylation sites (tertiary alicyclic amines) is 1. The standard InChI is InChI=1S/C7H13NO2/c9-6-5-8-3-1-7(10)2-4-8/h6-7,10H,1-5H2. The quantitative estimate of drug-likeness (QED) is 0.537. The van der Waals surface area contributed by atoms with Crippen molar-refractivity contribution in [3.8, 4) is 0 Å². The molecule has 58 valence electrons. The fourth-order valence-corrected chi connectivity index (χ4v) is 1.21. The number of carbonyl (C=O) groups excluding carboxylic acids is 1. The monoisotopic (exact) mass is 143 g/mol. The number of nitrogens with zero attached hydrogens (tertiary/aromatic N) is 1. The van der Waals surface area contributed by atoms with Crippen molar-refractivity contribution in [2.45, 2.75) is 18.9 Å². The van der Waals surface area contributed by atoms with Gasteiger partial charge in [0.1, 0.15) is 6.29 Å². The zero-order valence-corrected chi connectivity index (χ0v) is 5.99. The Hall–Kier alpha value is -0.410. The van der Waals surface area contributed by atoms with Crippen molar-refractivity contribution in [2.75, 3.05) is 19.6 Å². The van der Waals surface area contributed by atoms with Gasteiger partial charge in [0.15, 0.2) is 0 Å². The van der Waals surface area contributed by atoms with Gasteiger partial charge in [-0.15, -0.1) is 0 Å². The summed E-state index contributed by atoms with van der Waals surface area (Å²) in [4.78, 5) is 12.1. The molecular weight excluding hydrogens is 130 g/mol. The Balaban J connectivity index is 2.19. The SMILES string of the molecule is O=CCN1CCC(O)CC1. The maximum Gasteiger partial charge on any atom is 0.133 e. The van der Waals surface area contributed by atoms with Crippen molar-refractivity contribution in [3.05, 3.63) is 0 Å². The summed E-state index contributed by atoms with van der Waals surface area (Å²) in [6, 6.07) is 0. The highest BCUT2D eigenvalue weighted by Crippen LogP contribution is 2.07. The molecule has 0 amide bonds. The first-order valence-electron chi connectivity index (χ1n) is 3.67. The lowest BCUT2D eigenvalue weighted by atomic mass is 10.1. The number of aliphatic hydroxyl groups is 1. The molecule has 0 aliphatic carbocycles. The minimum Gasteiger partial charge on any atom is -0.393 e. The molecule has 0 aromatic carbocycles. The van der Waals surface area contributed by atoms with Crippen molar-refractivity contribution >= 4 is 6.29 Å². The van der Waals surface area contributed by atoms with Crippen LogP contribution < -0.4 is 0 Å². The van der Waals surface area contributed by atoms with Gasteiger partial charge in [0.2, 0.25) is 0 Å². The second-order valence-electron chi connectivity index (χ2n) is 2.70. The van der Waals surface area contributed by atoms with E-state index in [2.05, 4.69) is 4.90 Å². The second-order valence-corrected chi connectivity index (χ2v) is 2.70. The number of piperidine rings is 1. The van der Waals surface area contributed by atoms with E-state index in [9.17, 15) is 4.79 Å². The summed E-state index contributed by atoms with van der Waals surface area (Å²) >= 11 is 0. The summed E-state index contributed by atoms with van der Waals surface area (Å²) < 4.78 is 0. The van der Waals surface area contributed by atoms with Crippen LogP contribution in [0.1, 0.15) is 12.8 Å². The summed E-state index contributed by atoms with van der Waals surface area (Å²) in [5.74, 6) is 0. The molecule has 1 aliphatic rings. The van der Waals surface area contributed by atoms with E-state index in [1.807, 2.05) is 0 Å². The van der Waals surface area contributed by atoms with Gasteiger partial charge in [-0.1, -0.05) is 0 Å². The average molecular weight is 143 g/mol. The summed E-state index contributed by atoms with van der Waals surface area (Å²) in [7, 11) is 0. The number of carbonyl (C=O) groups is 1. The lowest BCUT2D eigenvalue weighted by Gasteiger charge is -2.27. The van der Waals surface area contributed by atoms with Crippen LogP contribution in [-0.4, -0.2) is 42.0 Å². The van der Waals surface area contributed by atoms with Crippen molar-refractivity contribution in [3.63, 3.8) is 0 Å². The Labute approximate surface area is 60.6 Å². The number of hydrogen-bond donors (Lipinski definition) is 1. The van der Waals surface area contributed by atoms with E-state index in [1.165, 1.54) is 0 Å². The van der Waals surface area contributed by atoms with Crippen LogP contribution in [0, 0.1) is 0 Å². The molecule has 10 heavy (non-hydrogen) atoms. The molecule has 0 saturated carbocycles. The fraction of sp³-hybridized carbons (Fsp3) is 0.857. The van der Waals surface area contributed by atoms with Crippen molar-refractivity contribution in [1.82, 2.24) is 4.90 Å². The Morgan fingerprint density at radius 3 is 2.60 bits per heavy atom. The van der Waals surface area contributed by atoms with Gasteiger partial charge >= 0.3 is 0 Å². The van der Waals surface area contributed by atoms with Gasteiger partial charge in [-0.05, 0) is 12.8 Å². The van der Waals surface area contributed by atoms with Crippen LogP contribution >= 0.6 is 0 Å². The minimum absolute atomic E-state index is 0.136. The van der Waals surface area contributed by atoms with E-state index >= 15 is 0 Å². The Morgan fingerprint density at radius 2 is 2.10 bits per heavy atom. The predicted molar refractivity (Wildman–Crippen MR) is 37.7 cm³/mol. The van der Waals surface area contributed by atoms with Crippen molar-refractivity contribution in [1.29, 1.82) is 0 Å². The number of aliphatic hydroxyl groups excluding tert-OH is 1. The van der Waals surface area contributed by atoms with E-state index in [1.54, 1.807) is 0 Å². The third-order valence-electron chi connectivity index (χ3n) is 1.89. The molecule has 0 atom stereocenters. The smallest absolute Gasteiger partial charge is 0.133 e. The summed E-state index contributed by atoms with van der Waals surface area (Å²) in [5, 5.41) is 9.08. The first-order chi connectivity index (χ1) is 4.83. The van der Waals surface area contributed by atoms with E-state index in [4.69, 9.17) is 5.11 Å². The average Bonchev–Trinajstić information content (AvgIpc) is 1.95. The van der Waals surface area contributed by atoms with E-state index in [0.717, 1.165) is 32.2 Å².